The zero-order valence-electron chi connectivity index (χ0n) is 14.9. The monoisotopic (exact) mass is 358 g/mol. The fourth-order valence-electron chi connectivity index (χ4n) is 2.99. The van der Waals surface area contributed by atoms with E-state index in [-0.39, 0.29) is 30.2 Å². The smallest absolute Gasteiger partial charge is 0.0386 e. The van der Waals surface area contributed by atoms with Crippen LogP contribution in [0.4, 0.5) is 0 Å². The molecule has 0 radical (unpaired) electrons. The topological polar surface area (TPSA) is 15.3 Å². The van der Waals surface area contributed by atoms with Crippen molar-refractivity contribution >= 4 is 24.8 Å². The average Bonchev–Trinajstić information content (AvgIpc) is 2.45. The van der Waals surface area contributed by atoms with Crippen molar-refractivity contribution in [3.05, 3.63) is 47.5 Å². The first-order valence-corrected chi connectivity index (χ1v) is 8.07. The summed E-state index contributed by atoms with van der Waals surface area (Å²) < 4.78 is 0. The molecular weight excluding hydrogens is 327 g/mol. The van der Waals surface area contributed by atoms with E-state index in [4.69, 9.17) is 0 Å². The average molecular weight is 359 g/mol. The minimum atomic E-state index is 0. The van der Waals surface area contributed by atoms with Gasteiger partial charge in [-0.3, -0.25) is 4.90 Å². The Morgan fingerprint density at radius 2 is 1.65 bits per heavy atom. The molecule has 1 aromatic carbocycles. The van der Waals surface area contributed by atoms with Crippen LogP contribution in [0.2, 0.25) is 0 Å². The maximum absolute atomic E-state index is 4.13. The molecule has 1 fully saturated rings. The van der Waals surface area contributed by atoms with Gasteiger partial charge in [0.15, 0.2) is 0 Å². The summed E-state index contributed by atoms with van der Waals surface area (Å²) in [4.78, 5) is 2.59. The van der Waals surface area contributed by atoms with Crippen molar-refractivity contribution in [1.29, 1.82) is 0 Å². The van der Waals surface area contributed by atoms with Crippen LogP contribution in [0.1, 0.15) is 51.3 Å². The molecule has 0 aliphatic carbocycles. The van der Waals surface area contributed by atoms with E-state index in [0.29, 0.717) is 6.04 Å². The van der Waals surface area contributed by atoms with Crippen molar-refractivity contribution in [3.8, 4) is 0 Å². The summed E-state index contributed by atoms with van der Waals surface area (Å²) in [5, 5.41) is 3.44. The van der Waals surface area contributed by atoms with E-state index in [9.17, 15) is 0 Å². The largest absolute Gasteiger partial charge is 0.314 e. The highest BCUT2D eigenvalue weighted by Gasteiger charge is 2.22. The van der Waals surface area contributed by atoms with Crippen molar-refractivity contribution < 1.29 is 0 Å². The van der Waals surface area contributed by atoms with Crippen LogP contribution in [0.25, 0.3) is 0 Å². The molecule has 0 unspecified atom stereocenters. The van der Waals surface area contributed by atoms with Crippen LogP contribution in [-0.2, 0) is 5.41 Å². The number of piperazine rings is 1. The Labute approximate surface area is 154 Å². The summed E-state index contributed by atoms with van der Waals surface area (Å²) >= 11 is 0. The van der Waals surface area contributed by atoms with Gasteiger partial charge in [0.05, 0.1) is 0 Å². The molecule has 2 rings (SSSR count). The normalized spacial score (nSPS) is 16.9. The standard InChI is InChI=1S/C19H30N2.2ClH/c1-15(2)14-18(21-12-10-20-11-13-21)16-6-8-17(9-7-16)19(3,4)5;;/h6-9,18,20H,1,10-14H2,2-5H3;2*1H/t18-;;/m1../s1. The van der Waals surface area contributed by atoms with E-state index in [1.165, 1.54) is 16.7 Å². The minimum Gasteiger partial charge on any atom is -0.314 e. The van der Waals surface area contributed by atoms with Crippen LogP contribution in [0, 0.1) is 0 Å². The molecule has 1 N–H and O–H groups in total. The molecule has 1 aliphatic rings. The van der Waals surface area contributed by atoms with E-state index in [1.54, 1.807) is 0 Å². The molecular formula is C19H32Cl2N2. The number of nitrogens with one attached hydrogen (secondary N) is 1. The van der Waals surface area contributed by atoms with Crippen LogP contribution in [0.5, 0.6) is 0 Å². The molecule has 0 bridgehead atoms. The molecule has 1 aromatic rings. The molecule has 4 heteroatoms. The number of hydrogen-bond donors (Lipinski definition) is 1. The van der Waals surface area contributed by atoms with Crippen molar-refractivity contribution in [1.82, 2.24) is 10.2 Å². The summed E-state index contributed by atoms with van der Waals surface area (Å²) in [5.41, 5.74) is 4.31. The Kier molecular flexibility index (Phi) is 9.46. The molecule has 0 amide bonds. The van der Waals surface area contributed by atoms with Crippen molar-refractivity contribution in [3.63, 3.8) is 0 Å². The Bertz CT molecular complexity index is 471. The molecule has 1 aliphatic heterocycles. The first-order chi connectivity index (χ1) is 9.88. The first-order valence-electron chi connectivity index (χ1n) is 8.07. The van der Waals surface area contributed by atoms with Crippen LogP contribution >= 0.6 is 24.8 Å². The summed E-state index contributed by atoms with van der Waals surface area (Å²) in [6.45, 7) is 17.5. The Morgan fingerprint density at radius 1 is 1.13 bits per heavy atom. The third kappa shape index (κ3) is 6.46. The second-order valence-electron chi connectivity index (χ2n) is 7.34. The number of halogens is 2. The Morgan fingerprint density at radius 3 is 2.09 bits per heavy atom. The lowest BCUT2D eigenvalue weighted by Crippen LogP contribution is -2.45. The highest BCUT2D eigenvalue weighted by Crippen LogP contribution is 2.30. The van der Waals surface area contributed by atoms with E-state index >= 15 is 0 Å². The number of nitrogens with zero attached hydrogens (tertiary/aromatic N) is 1. The zero-order valence-corrected chi connectivity index (χ0v) is 16.5. The highest BCUT2D eigenvalue weighted by atomic mass is 35.5. The maximum atomic E-state index is 4.13. The van der Waals surface area contributed by atoms with Crippen molar-refractivity contribution in [2.75, 3.05) is 26.2 Å². The van der Waals surface area contributed by atoms with Gasteiger partial charge < -0.3 is 5.32 Å². The maximum Gasteiger partial charge on any atom is 0.0386 e. The second kappa shape index (κ2) is 9.68. The molecule has 132 valence electrons. The number of hydrogen-bond acceptors (Lipinski definition) is 2. The zero-order chi connectivity index (χ0) is 15.5. The van der Waals surface area contributed by atoms with Gasteiger partial charge in [0.1, 0.15) is 0 Å². The summed E-state index contributed by atoms with van der Waals surface area (Å²) in [7, 11) is 0. The Balaban J connectivity index is 0.00000242. The van der Waals surface area contributed by atoms with E-state index < -0.39 is 0 Å². The van der Waals surface area contributed by atoms with Gasteiger partial charge in [-0.1, -0.05) is 50.6 Å². The lowest BCUT2D eigenvalue weighted by atomic mass is 9.85. The predicted octanol–water partition coefficient (Wildman–Crippen LogP) is 4.74. The molecule has 23 heavy (non-hydrogen) atoms. The van der Waals surface area contributed by atoms with Crippen LogP contribution < -0.4 is 5.32 Å². The molecule has 1 saturated heterocycles. The van der Waals surface area contributed by atoms with Gasteiger partial charge in [0.2, 0.25) is 0 Å². The van der Waals surface area contributed by atoms with Crippen LogP contribution in [0.3, 0.4) is 0 Å². The van der Waals surface area contributed by atoms with Gasteiger partial charge in [-0.05, 0) is 29.9 Å². The van der Waals surface area contributed by atoms with Gasteiger partial charge >= 0.3 is 0 Å². The van der Waals surface area contributed by atoms with E-state index in [0.717, 1.165) is 32.6 Å². The van der Waals surface area contributed by atoms with Gasteiger partial charge in [-0.25, -0.2) is 0 Å². The third-order valence-electron chi connectivity index (χ3n) is 4.30. The van der Waals surface area contributed by atoms with Gasteiger partial charge in [-0.2, -0.15) is 0 Å². The minimum absolute atomic E-state index is 0. The predicted molar refractivity (Wildman–Crippen MR) is 106 cm³/mol. The van der Waals surface area contributed by atoms with E-state index in [2.05, 4.69) is 68.8 Å². The summed E-state index contributed by atoms with van der Waals surface area (Å²) in [5.74, 6) is 0. The molecule has 2 nitrogen and oxygen atoms in total. The second-order valence-corrected chi connectivity index (χ2v) is 7.34. The van der Waals surface area contributed by atoms with Gasteiger partial charge in [0.25, 0.3) is 0 Å². The summed E-state index contributed by atoms with van der Waals surface area (Å²) in [6.07, 6.45) is 1.05. The highest BCUT2D eigenvalue weighted by molar-refractivity contribution is 5.85. The SMILES string of the molecule is C=C(C)C[C@H](c1ccc(C(C)(C)C)cc1)N1CCNCC1.Cl.Cl. The number of benzene rings is 1. The fraction of sp³-hybridized carbons (Fsp3) is 0.579. The molecule has 0 saturated carbocycles. The molecule has 1 heterocycles. The summed E-state index contributed by atoms with van der Waals surface area (Å²) in [6, 6.07) is 9.69. The lowest BCUT2D eigenvalue weighted by Gasteiger charge is -2.35. The third-order valence-corrected chi connectivity index (χ3v) is 4.30. The molecule has 1 atom stereocenters. The number of rotatable bonds is 4. The molecule has 0 aromatic heterocycles. The van der Waals surface area contributed by atoms with Crippen molar-refractivity contribution in [2.24, 2.45) is 0 Å². The van der Waals surface area contributed by atoms with Crippen molar-refractivity contribution in [2.45, 2.75) is 45.6 Å². The Hall–Kier alpha value is -0.540. The van der Waals surface area contributed by atoms with Crippen LogP contribution in [-0.4, -0.2) is 31.1 Å². The van der Waals surface area contributed by atoms with Gasteiger partial charge in [-0.15, -0.1) is 31.4 Å². The van der Waals surface area contributed by atoms with E-state index in [1.807, 2.05) is 0 Å². The lowest BCUT2D eigenvalue weighted by molar-refractivity contribution is 0.172. The van der Waals surface area contributed by atoms with Gasteiger partial charge in [0, 0.05) is 32.2 Å². The quantitative estimate of drug-likeness (QED) is 0.781. The molecule has 0 spiro atoms. The first kappa shape index (κ1) is 22.5. The fourth-order valence-corrected chi connectivity index (χ4v) is 2.99. The van der Waals surface area contributed by atoms with Crippen LogP contribution in [0.15, 0.2) is 36.4 Å².